The van der Waals surface area contributed by atoms with E-state index in [0.717, 1.165) is 0 Å². The molecule has 0 heterocycles. The van der Waals surface area contributed by atoms with E-state index in [1.54, 1.807) is 0 Å². The van der Waals surface area contributed by atoms with Gasteiger partial charge in [-0.15, -0.1) is 0 Å². The third kappa shape index (κ3) is 19.2. The highest BCUT2D eigenvalue weighted by atomic mass is 15.1. The van der Waals surface area contributed by atoms with Gasteiger partial charge in [-0.3, -0.25) is 0 Å². The number of nitrogens with zero attached hydrogens (tertiary/aromatic N) is 1. The van der Waals surface area contributed by atoms with Gasteiger partial charge in [0.1, 0.15) is 0 Å². The maximum absolute atomic E-state index is 2.33. The van der Waals surface area contributed by atoms with Gasteiger partial charge in [-0.1, -0.05) is 96.8 Å². The van der Waals surface area contributed by atoms with Crippen molar-refractivity contribution in [3.63, 3.8) is 0 Å². The molecule has 0 atom stereocenters. The average molecular weight is 348 g/mol. The van der Waals surface area contributed by atoms with Crippen LogP contribution in [0.5, 0.6) is 0 Å². The van der Waals surface area contributed by atoms with Crippen LogP contribution in [0, 0.1) is 0 Å². The standard InChI is InChI=1S/C24H45N/c1-4-7-10-13-16-19-22-25(23-20-17-14-11-8-5-2)24-21-18-15-12-9-6-3/h19-24H,4-18H2,1-3H3/b22-19+,23-20+,24-21+. The van der Waals surface area contributed by atoms with Crippen molar-refractivity contribution in [1.29, 1.82) is 0 Å². The molecule has 146 valence electrons. The van der Waals surface area contributed by atoms with E-state index in [2.05, 4.69) is 62.5 Å². The maximum atomic E-state index is 2.33. The van der Waals surface area contributed by atoms with Crippen LogP contribution < -0.4 is 0 Å². The number of hydrogen-bond acceptors (Lipinski definition) is 1. The summed E-state index contributed by atoms with van der Waals surface area (Å²) in [5, 5.41) is 0. The second-order valence-electron chi connectivity index (χ2n) is 7.15. The van der Waals surface area contributed by atoms with Crippen LogP contribution in [-0.2, 0) is 0 Å². The highest BCUT2D eigenvalue weighted by molar-refractivity contribution is 4.99. The fourth-order valence-electron chi connectivity index (χ4n) is 2.80. The molecule has 0 amide bonds. The van der Waals surface area contributed by atoms with Crippen LogP contribution in [0.4, 0.5) is 0 Å². The minimum atomic E-state index is 1.20. The van der Waals surface area contributed by atoms with Gasteiger partial charge in [0.2, 0.25) is 0 Å². The molecule has 0 aliphatic carbocycles. The van der Waals surface area contributed by atoms with Crippen molar-refractivity contribution in [2.45, 2.75) is 117 Å². The molecule has 0 aromatic carbocycles. The van der Waals surface area contributed by atoms with Gasteiger partial charge in [-0.2, -0.15) is 0 Å². The van der Waals surface area contributed by atoms with Gasteiger partial charge in [-0.25, -0.2) is 0 Å². The van der Waals surface area contributed by atoms with Crippen LogP contribution in [0.3, 0.4) is 0 Å². The van der Waals surface area contributed by atoms with E-state index in [9.17, 15) is 0 Å². The van der Waals surface area contributed by atoms with E-state index in [-0.39, 0.29) is 0 Å². The Morgan fingerprint density at radius 1 is 0.440 bits per heavy atom. The quantitative estimate of drug-likeness (QED) is 0.224. The van der Waals surface area contributed by atoms with Crippen molar-refractivity contribution < 1.29 is 0 Å². The first-order chi connectivity index (χ1) is 12.3. The van der Waals surface area contributed by atoms with Gasteiger partial charge in [0, 0.05) is 18.6 Å². The molecule has 0 rings (SSSR count). The van der Waals surface area contributed by atoms with Gasteiger partial charge >= 0.3 is 0 Å². The zero-order valence-electron chi connectivity index (χ0n) is 17.5. The monoisotopic (exact) mass is 347 g/mol. The van der Waals surface area contributed by atoms with Gasteiger partial charge in [-0.05, 0) is 38.5 Å². The first-order valence-electron chi connectivity index (χ1n) is 11.1. The second-order valence-corrected chi connectivity index (χ2v) is 7.15. The molecule has 0 aromatic heterocycles. The molecule has 0 saturated heterocycles. The lowest BCUT2D eigenvalue weighted by Gasteiger charge is -2.09. The fraction of sp³-hybridized carbons (Fsp3) is 0.750. The first kappa shape index (κ1) is 24.0. The first-order valence-corrected chi connectivity index (χ1v) is 11.1. The predicted molar refractivity (Wildman–Crippen MR) is 116 cm³/mol. The summed E-state index contributed by atoms with van der Waals surface area (Å²) in [4.78, 5) is 2.25. The molecule has 0 radical (unpaired) electrons. The summed E-state index contributed by atoms with van der Waals surface area (Å²) >= 11 is 0. The van der Waals surface area contributed by atoms with E-state index >= 15 is 0 Å². The number of unbranched alkanes of at least 4 members (excludes halogenated alkanes) is 12. The Morgan fingerprint density at radius 2 is 0.760 bits per heavy atom. The largest absolute Gasteiger partial charge is 0.332 e. The van der Waals surface area contributed by atoms with Crippen LogP contribution in [0.25, 0.3) is 0 Å². The molecule has 0 fully saturated rings. The van der Waals surface area contributed by atoms with Gasteiger partial charge in [0.25, 0.3) is 0 Å². The van der Waals surface area contributed by atoms with Crippen LogP contribution in [0.2, 0.25) is 0 Å². The molecular weight excluding hydrogens is 302 g/mol. The Bertz CT molecular complexity index is 275. The number of allylic oxidation sites excluding steroid dienone is 3. The number of hydrogen-bond donors (Lipinski definition) is 0. The summed E-state index contributed by atoms with van der Waals surface area (Å²) in [5.41, 5.74) is 0. The second kappa shape index (κ2) is 21.1. The van der Waals surface area contributed by atoms with Crippen molar-refractivity contribution in [3.8, 4) is 0 Å². The van der Waals surface area contributed by atoms with Crippen LogP contribution >= 0.6 is 0 Å². The zero-order valence-corrected chi connectivity index (χ0v) is 17.5. The minimum absolute atomic E-state index is 1.20. The molecular formula is C24H45N. The molecule has 25 heavy (non-hydrogen) atoms. The smallest absolute Gasteiger partial charge is 0.00417 e. The van der Waals surface area contributed by atoms with Gasteiger partial charge in [0.05, 0.1) is 0 Å². The Morgan fingerprint density at radius 3 is 1.04 bits per heavy atom. The lowest BCUT2D eigenvalue weighted by molar-refractivity contribution is 0.640. The third-order valence-electron chi connectivity index (χ3n) is 4.51. The van der Waals surface area contributed by atoms with E-state index in [1.165, 1.54) is 96.3 Å². The summed E-state index contributed by atoms with van der Waals surface area (Å²) in [6.45, 7) is 6.82. The summed E-state index contributed by atoms with van der Waals surface area (Å²) in [7, 11) is 0. The highest BCUT2D eigenvalue weighted by Crippen LogP contribution is 2.08. The van der Waals surface area contributed by atoms with E-state index in [0.29, 0.717) is 0 Å². The molecule has 1 nitrogen and oxygen atoms in total. The average Bonchev–Trinajstić information content (AvgIpc) is 2.63. The van der Waals surface area contributed by atoms with E-state index < -0.39 is 0 Å². The van der Waals surface area contributed by atoms with Crippen molar-refractivity contribution in [1.82, 2.24) is 4.90 Å². The lowest BCUT2D eigenvalue weighted by atomic mass is 10.1. The molecule has 0 aliphatic rings. The molecule has 0 aromatic rings. The summed E-state index contributed by atoms with van der Waals surface area (Å²) in [6, 6.07) is 0. The molecule has 0 N–H and O–H groups in total. The summed E-state index contributed by atoms with van der Waals surface area (Å²) in [6.07, 6.45) is 33.4. The van der Waals surface area contributed by atoms with E-state index in [4.69, 9.17) is 0 Å². The minimum Gasteiger partial charge on any atom is -0.332 e. The highest BCUT2D eigenvalue weighted by Gasteiger charge is 1.91. The molecule has 0 aliphatic heterocycles. The van der Waals surface area contributed by atoms with Crippen LogP contribution in [0.1, 0.15) is 117 Å². The van der Waals surface area contributed by atoms with E-state index in [1.807, 2.05) is 0 Å². The normalized spacial score (nSPS) is 12.1. The molecule has 1 heteroatoms. The summed E-state index contributed by atoms with van der Waals surface area (Å²) in [5.74, 6) is 0. The fourth-order valence-corrected chi connectivity index (χ4v) is 2.80. The summed E-state index contributed by atoms with van der Waals surface area (Å²) < 4.78 is 0. The van der Waals surface area contributed by atoms with Crippen molar-refractivity contribution in [2.75, 3.05) is 0 Å². The zero-order chi connectivity index (χ0) is 18.4. The van der Waals surface area contributed by atoms with Gasteiger partial charge < -0.3 is 4.90 Å². The van der Waals surface area contributed by atoms with Gasteiger partial charge in [0.15, 0.2) is 0 Å². The number of rotatable bonds is 18. The Hall–Kier alpha value is -0.980. The Balaban J connectivity index is 4.17. The van der Waals surface area contributed by atoms with Crippen molar-refractivity contribution in [2.24, 2.45) is 0 Å². The van der Waals surface area contributed by atoms with Crippen molar-refractivity contribution >= 4 is 0 Å². The molecule has 0 bridgehead atoms. The van der Waals surface area contributed by atoms with Crippen molar-refractivity contribution in [3.05, 3.63) is 36.8 Å². The SMILES string of the molecule is CCCCCC/C=C/N(/C=C/CCCCCC)/C=C/CCCCCC. The molecule has 0 unspecified atom stereocenters. The molecule has 0 saturated carbocycles. The molecule has 0 spiro atoms. The van der Waals surface area contributed by atoms with Crippen LogP contribution in [0.15, 0.2) is 36.8 Å². The maximum Gasteiger partial charge on any atom is 0.00417 e. The topological polar surface area (TPSA) is 3.24 Å². The lowest BCUT2D eigenvalue weighted by Crippen LogP contribution is -1.99. The Labute approximate surface area is 159 Å². The predicted octanol–water partition coefficient (Wildman–Crippen LogP) is 8.74. The van der Waals surface area contributed by atoms with Crippen LogP contribution in [-0.4, -0.2) is 4.90 Å². The Kier molecular flexibility index (Phi) is 20.2. The third-order valence-corrected chi connectivity index (χ3v) is 4.51.